The van der Waals surface area contributed by atoms with Gasteiger partial charge in [0.1, 0.15) is 5.92 Å². The maximum atomic E-state index is 13.0. The molecule has 1 aromatic carbocycles. The standard InChI is InChI=1S/C20H25Cl2N3O5/c1-23-13-15(18(26)20(23)28)19(27)25(12-14-3-4-16(21)17(22)11-14)30-8-2-5-24-6-9-29-10-7-24/h3-4,11,15H,2,5-10,12-13H2,1H3. The van der Waals surface area contributed by atoms with Crippen molar-refractivity contribution in [2.75, 3.05) is 53.0 Å². The number of ketones is 1. The van der Waals surface area contributed by atoms with Crippen molar-refractivity contribution < 1.29 is 24.0 Å². The van der Waals surface area contributed by atoms with Crippen LogP contribution in [0, 0.1) is 5.92 Å². The summed E-state index contributed by atoms with van der Waals surface area (Å²) < 4.78 is 5.34. The Labute approximate surface area is 185 Å². The molecule has 0 radical (unpaired) electrons. The van der Waals surface area contributed by atoms with Crippen LogP contribution in [0.5, 0.6) is 0 Å². The molecule has 30 heavy (non-hydrogen) atoms. The van der Waals surface area contributed by atoms with E-state index in [1.807, 2.05) is 0 Å². The number of hydrogen-bond donors (Lipinski definition) is 0. The van der Waals surface area contributed by atoms with Gasteiger partial charge in [0.2, 0.25) is 5.78 Å². The molecule has 3 rings (SSSR count). The predicted octanol–water partition coefficient (Wildman–Crippen LogP) is 1.63. The Hall–Kier alpha value is -1.71. The summed E-state index contributed by atoms with van der Waals surface area (Å²) in [4.78, 5) is 46.3. The summed E-state index contributed by atoms with van der Waals surface area (Å²) >= 11 is 12.0. The van der Waals surface area contributed by atoms with Crippen molar-refractivity contribution in [2.24, 2.45) is 5.92 Å². The Morgan fingerprint density at radius 3 is 2.60 bits per heavy atom. The van der Waals surface area contributed by atoms with E-state index in [1.54, 1.807) is 18.2 Å². The fourth-order valence-corrected chi connectivity index (χ4v) is 3.74. The van der Waals surface area contributed by atoms with Crippen LogP contribution in [-0.4, -0.2) is 85.5 Å². The first kappa shape index (κ1) is 23.0. The fraction of sp³-hybridized carbons (Fsp3) is 0.550. The molecule has 2 fully saturated rings. The molecular weight excluding hydrogens is 433 g/mol. The van der Waals surface area contributed by atoms with Crippen molar-refractivity contribution in [1.29, 1.82) is 0 Å². The van der Waals surface area contributed by atoms with Gasteiger partial charge < -0.3 is 9.64 Å². The molecule has 2 saturated heterocycles. The minimum atomic E-state index is -1.07. The second-order valence-corrected chi connectivity index (χ2v) is 8.18. The van der Waals surface area contributed by atoms with Gasteiger partial charge in [-0.25, -0.2) is 5.06 Å². The highest BCUT2D eigenvalue weighted by Crippen LogP contribution is 2.24. The van der Waals surface area contributed by atoms with Gasteiger partial charge in [0.15, 0.2) is 0 Å². The molecule has 10 heteroatoms. The van der Waals surface area contributed by atoms with E-state index in [0.717, 1.165) is 24.7 Å². The van der Waals surface area contributed by atoms with Crippen molar-refractivity contribution in [3.05, 3.63) is 33.8 Å². The van der Waals surface area contributed by atoms with E-state index in [0.29, 0.717) is 41.9 Å². The van der Waals surface area contributed by atoms with Crippen molar-refractivity contribution >= 4 is 40.8 Å². The molecule has 0 saturated carbocycles. The fourth-order valence-electron chi connectivity index (χ4n) is 3.42. The van der Waals surface area contributed by atoms with Crippen molar-refractivity contribution in [2.45, 2.75) is 13.0 Å². The highest BCUT2D eigenvalue weighted by atomic mass is 35.5. The molecule has 1 aromatic rings. The number of ether oxygens (including phenoxy) is 1. The Balaban J connectivity index is 1.64. The Morgan fingerprint density at radius 2 is 1.97 bits per heavy atom. The van der Waals surface area contributed by atoms with Crippen molar-refractivity contribution in [3.63, 3.8) is 0 Å². The number of Topliss-reactive ketones (excluding diaryl/α,β-unsaturated/α-hetero) is 1. The molecule has 2 aliphatic heterocycles. The number of amides is 2. The lowest BCUT2D eigenvalue weighted by Crippen LogP contribution is -2.40. The molecule has 0 spiro atoms. The number of halogens is 2. The van der Waals surface area contributed by atoms with Gasteiger partial charge in [-0.2, -0.15) is 0 Å². The van der Waals surface area contributed by atoms with Crippen molar-refractivity contribution in [3.8, 4) is 0 Å². The number of carbonyl (C=O) groups excluding carboxylic acids is 3. The van der Waals surface area contributed by atoms with Gasteiger partial charge >= 0.3 is 0 Å². The number of carbonyl (C=O) groups is 3. The number of morpholine rings is 1. The average Bonchev–Trinajstić information content (AvgIpc) is 3.00. The third-order valence-electron chi connectivity index (χ3n) is 5.15. The highest BCUT2D eigenvalue weighted by molar-refractivity contribution is 6.42. The minimum absolute atomic E-state index is 0.0471. The van der Waals surface area contributed by atoms with Crippen LogP contribution in [0.1, 0.15) is 12.0 Å². The first-order valence-electron chi connectivity index (χ1n) is 9.84. The number of rotatable bonds is 8. The van der Waals surface area contributed by atoms with Gasteiger partial charge in [-0.05, 0) is 24.1 Å². The summed E-state index contributed by atoms with van der Waals surface area (Å²) in [6.07, 6.45) is 0.711. The van der Waals surface area contributed by atoms with Crippen molar-refractivity contribution in [1.82, 2.24) is 14.9 Å². The van der Waals surface area contributed by atoms with E-state index in [2.05, 4.69) is 4.90 Å². The monoisotopic (exact) mass is 457 g/mol. The average molecular weight is 458 g/mol. The quantitative estimate of drug-likeness (QED) is 0.255. The normalized spacial score (nSPS) is 20.1. The molecule has 2 aliphatic rings. The SMILES string of the molecule is CN1CC(C(=O)N(Cc2ccc(Cl)c(Cl)c2)OCCCN2CCOCC2)C(=O)C1=O. The van der Waals surface area contributed by atoms with Crippen LogP contribution in [0.2, 0.25) is 10.0 Å². The van der Waals surface area contributed by atoms with E-state index < -0.39 is 23.5 Å². The van der Waals surface area contributed by atoms with Gasteiger partial charge in [0.05, 0.1) is 36.4 Å². The third kappa shape index (κ3) is 5.70. The largest absolute Gasteiger partial charge is 0.379 e. The van der Waals surface area contributed by atoms with Crippen LogP contribution in [0.4, 0.5) is 0 Å². The summed E-state index contributed by atoms with van der Waals surface area (Å²) in [5, 5.41) is 1.93. The topological polar surface area (TPSA) is 79.4 Å². The number of likely N-dealkylation sites (tertiary alicyclic amines) is 1. The van der Waals surface area contributed by atoms with E-state index in [1.165, 1.54) is 11.9 Å². The third-order valence-corrected chi connectivity index (χ3v) is 5.89. The zero-order chi connectivity index (χ0) is 21.7. The number of hydrogen-bond acceptors (Lipinski definition) is 6. The minimum Gasteiger partial charge on any atom is -0.379 e. The lowest BCUT2D eigenvalue weighted by atomic mass is 10.1. The molecule has 0 bridgehead atoms. The first-order valence-corrected chi connectivity index (χ1v) is 10.6. The molecule has 1 atom stereocenters. The molecule has 2 heterocycles. The lowest BCUT2D eigenvalue weighted by Gasteiger charge is -2.27. The Kier molecular flexibility index (Phi) is 8.07. The Bertz CT molecular complexity index is 801. The molecule has 2 amide bonds. The number of nitrogens with zero attached hydrogens (tertiary/aromatic N) is 3. The predicted molar refractivity (Wildman–Crippen MR) is 111 cm³/mol. The number of hydroxylamine groups is 2. The van der Waals surface area contributed by atoms with Gasteiger partial charge in [-0.3, -0.25) is 24.1 Å². The Morgan fingerprint density at radius 1 is 1.23 bits per heavy atom. The second kappa shape index (κ2) is 10.5. The molecule has 164 valence electrons. The molecule has 8 nitrogen and oxygen atoms in total. The molecule has 0 N–H and O–H groups in total. The maximum Gasteiger partial charge on any atom is 0.290 e. The summed E-state index contributed by atoms with van der Waals surface area (Å²) in [5.74, 6) is -2.96. The smallest absolute Gasteiger partial charge is 0.290 e. The zero-order valence-electron chi connectivity index (χ0n) is 16.8. The second-order valence-electron chi connectivity index (χ2n) is 7.37. The number of benzene rings is 1. The summed E-state index contributed by atoms with van der Waals surface area (Å²) in [5.41, 5.74) is 0.705. The van der Waals surface area contributed by atoms with Gasteiger partial charge in [-0.15, -0.1) is 0 Å². The van der Waals surface area contributed by atoms with E-state index in [9.17, 15) is 14.4 Å². The van der Waals surface area contributed by atoms with Gasteiger partial charge in [-0.1, -0.05) is 29.3 Å². The van der Waals surface area contributed by atoms with Crippen LogP contribution in [0.25, 0.3) is 0 Å². The zero-order valence-corrected chi connectivity index (χ0v) is 18.3. The first-order chi connectivity index (χ1) is 14.4. The van der Waals surface area contributed by atoms with Crippen LogP contribution in [0.15, 0.2) is 18.2 Å². The van der Waals surface area contributed by atoms with E-state index in [-0.39, 0.29) is 13.1 Å². The van der Waals surface area contributed by atoms with E-state index in [4.69, 9.17) is 32.8 Å². The molecule has 1 unspecified atom stereocenters. The number of likely N-dealkylation sites (N-methyl/N-ethyl adjacent to an activating group) is 1. The lowest BCUT2D eigenvalue weighted by molar-refractivity contribution is -0.195. The summed E-state index contributed by atoms with van der Waals surface area (Å²) in [6, 6.07) is 5.02. The van der Waals surface area contributed by atoms with Gasteiger partial charge in [0, 0.05) is 33.2 Å². The van der Waals surface area contributed by atoms with Crippen LogP contribution in [-0.2, 0) is 30.5 Å². The molecule has 0 aromatic heterocycles. The van der Waals surface area contributed by atoms with E-state index >= 15 is 0 Å². The van der Waals surface area contributed by atoms with Crippen LogP contribution in [0.3, 0.4) is 0 Å². The summed E-state index contributed by atoms with van der Waals surface area (Å²) in [6.45, 7) is 4.44. The highest BCUT2D eigenvalue weighted by Gasteiger charge is 2.43. The van der Waals surface area contributed by atoms with Crippen LogP contribution < -0.4 is 0 Å². The summed E-state index contributed by atoms with van der Waals surface area (Å²) in [7, 11) is 1.50. The molecular formula is C20H25Cl2N3O5. The van der Waals surface area contributed by atoms with Crippen LogP contribution >= 0.6 is 23.2 Å². The maximum absolute atomic E-state index is 13.0. The van der Waals surface area contributed by atoms with Gasteiger partial charge in [0.25, 0.3) is 11.8 Å². The molecule has 0 aliphatic carbocycles.